The molecular formula is C16H28N2. The third-order valence-electron chi connectivity index (χ3n) is 5.09. The van der Waals surface area contributed by atoms with Gasteiger partial charge in [0, 0.05) is 5.41 Å². The number of hydrogen-bond acceptors (Lipinski definition) is 2. The summed E-state index contributed by atoms with van der Waals surface area (Å²) in [6.45, 7) is 13.6. The molecule has 0 atom stereocenters. The Labute approximate surface area is 112 Å². The van der Waals surface area contributed by atoms with Crippen LogP contribution in [0.25, 0.3) is 0 Å². The minimum absolute atomic E-state index is 0.158. The van der Waals surface area contributed by atoms with E-state index in [-0.39, 0.29) is 10.8 Å². The molecule has 18 heavy (non-hydrogen) atoms. The van der Waals surface area contributed by atoms with Crippen molar-refractivity contribution in [3.63, 3.8) is 0 Å². The maximum Gasteiger partial charge on any atom is 0.0692 e. The number of aromatic nitrogens is 2. The standard InChI is InChI=1S/C16H28N2/c1-7-15(5,8-2)13-11-14(18-17-12-13)16(6,9-3)10-4/h11-12H,7-10H2,1-6H3. The predicted molar refractivity (Wildman–Crippen MR) is 77.9 cm³/mol. The van der Waals surface area contributed by atoms with E-state index < -0.39 is 0 Å². The molecule has 0 aliphatic heterocycles. The van der Waals surface area contributed by atoms with Crippen molar-refractivity contribution >= 4 is 0 Å². The molecule has 1 aromatic heterocycles. The fourth-order valence-electron chi connectivity index (χ4n) is 2.26. The van der Waals surface area contributed by atoms with Crippen molar-refractivity contribution in [2.75, 3.05) is 0 Å². The lowest BCUT2D eigenvalue weighted by molar-refractivity contribution is 0.408. The summed E-state index contributed by atoms with van der Waals surface area (Å²) in [4.78, 5) is 0. The molecule has 0 bridgehead atoms. The van der Waals surface area contributed by atoms with Gasteiger partial charge in [0.05, 0.1) is 11.9 Å². The van der Waals surface area contributed by atoms with Crippen LogP contribution in [0.3, 0.4) is 0 Å². The summed E-state index contributed by atoms with van der Waals surface area (Å²) in [7, 11) is 0. The SMILES string of the molecule is CCC(C)(CC)c1cnnc(C(C)(CC)CC)c1. The Bertz CT molecular complexity index is 343. The lowest BCUT2D eigenvalue weighted by atomic mass is 9.76. The van der Waals surface area contributed by atoms with Crippen LogP contribution in [-0.4, -0.2) is 10.2 Å². The second kappa shape index (κ2) is 5.81. The third-order valence-corrected chi connectivity index (χ3v) is 5.09. The second-order valence-corrected chi connectivity index (χ2v) is 5.87. The average Bonchev–Trinajstić information content (AvgIpc) is 2.45. The van der Waals surface area contributed by atoms with Gasteiger partial charge in [-0.2, -0.15) is 10.2 Å². The van der Waals surface area contributed by atoms with Crippen molar-refractivity contribution < 1.29 is 0 Å². The Morgan fingerprint density at radius 3 is 1.83 bits per heavy atom. The van der Waals surface area contributed by atoms with Crippen LogP contribution >= 0.6 is 0 Å². The Hall–Kier alpha value is -0.920. The molecule has 0 amide bonds. The summed E-state index contributed by atoms with van der Waals surface area (Å²) >= 11 is 0. The first-order valence-corrected chi connectivity index (χ1v) is 7.29. The first kappa shape index (κ1) is 15.1. The third kappa shape index (κ3) is 2.73. The molecule has 0 N–H and O–H groups in total. The van der Waals surface area contributed by atoms with Crippen LogP contribution in [-0.2, 0) is 10.8 Å². The average molecular weight is 248 g/mol. The molecular weight excluding hydrogens is 220 g/mol. The zero-order valence-electron chi connectivity index (χ0n) is 12.9. The quantitative estimate of drug-likeness (QED) is 0.733. The van der Waals surface area contributed by atoms with E-state index in [4.69, 9.17) is 0 Å². The smallest absolute Gasteiger partial charge is 0.0692 e. The normalized spacial score (nSPS) is 12.8. The van der Waals surface area contributed by atoms with Crippen molar-refractivity contribution in [3.8, 4) is 0 Å². The predicted octanol–water partition coefficient (Wildman–Crippen LogP) is 4.63. The molecule has 1 rings (SSSR count). The Kier molecular flexibility index (Phi) is 4.89. The molecule has 0 saturated heterocycles. The van der Waals surface area contributed by atoms with Gasteiger partial charge in [-0.25, -0.2) is 0 Å². The highest BCUT2D eigenvalue weighted by Gasteiger charge is 2.28. The topological polar surface area (TPSA) is 25.8 Å². The van der Waals surface area contributed by atoms with Crippen LogP contribution in [0.1, 0.15) is 78.5 Å². The van der Waals surface area contributed by atoms with Gasteiger partial charge in [0.25, 0.3) is 0 Å². The van der Waals surface area contributed by atoms with Gasteiger partial charge in [0.2, 0.25) is 0 Å². The molecule has 0 aliphatic rings. The van der Waals surface area contributed by atoms with Gasteiger partial charge in [-0.3, -0.25) is 0 Å². The molecule has 0 spiro atoms. The van der Waals surface area contributed by atoms with E-state index in [2.05, 4.69) is 57.8 Å². The molecule has 0 unspecified atom stereocenters. The fraction of sp³-hybridized carbons (Fsp3) is 0.750. The van der Waals surface area contributed by atoms with Crippen LogP contribution in [0.2, 0.25) is 0 Å². The van der Waals surface area contributed by atoms with Crippen LogP contribution in [0.15, 0.2) is 12.3 Å². The molecule has 1 heterocycles. The maximum atomic E-state index is 4.39. The van der Waals surface area contributed by atoms with E-state index in [0.29, 0.717) is 0 Å². The molecule has 102 valence electrons. The maximum absolute atomic E-state index is 4.39. The van der Waals surface area contributed by atoms with Crippen LogP contribution in [0.5, 0.6) is 0 Å². The zero-order chi connectivity index (χ0) is 13.8. The second-order valence-electron chi connectivity index (χ2n) is 5.87. The number of hydrogen-bond donors (Lipinski definition) is 0. The van der Waals surface area contributed by atoms with Crippen LogP contribution < -0.4 is 0 Å². The van der Waals surface area contributed by atoms with E-state index >= 15 is 0 Å². The Balaban J connectivity index is 3.21. The van der Waals surface area contributed by atoms with Crippen molar-refractivity contribution in [1.82, 2.24) is 10.2 Å². The van der Waals surface area contributed by atoms with E-state index in [1.165, 1.54) is 5.56 Å². The largest absolute Gasteiger partial charge is 0.159 e. The van der Waals surface area contributed by atoms with Crippen molar-refractivity contribution in [2.24, 2.45) is 0 Å². The number of nitrogens with zero attached hydrogens (tertiary/aromatic N) is 2. The van der Waals surface area contributed by atoms with Crippen molar-refractivity contribution in [3.05, 3.63) is 23.5 Å². The highest BCUT2D eigenvalue weighted by molar-refractivity contribution is 5.26. The van der Waals surface area contributed by atoms with Gasteiger partial charge in [-0.1, -0.05) is 41.5 Å². The molecule has 0 radical (unpaired) electrons. The zero-order valence-corrected chi connectivity index (χ0v) is 12.9. The van der Waals surface area contributed by atoms with Gasteiger partial charge in [-0.15, -0.1) is 0 Å². The van der Waals surface area contributed by atoms with Crippen LogP contribution in [0, 0.1) is 0 Å². The minimum atomic E-state index is 0.158. The van der Waals surface area contributed by atoms with Crippen molar-refractivity contribution in [1.29, 1.82) is 0 Å². The first-order valence-electron chi connectivity index (χ1n) is 7.29. The summed E-state index contributed by atoms with van der Waals surface area (Å²) < 4.78 is 0. The summed E-state index contributed by atoms with van der Waals surface area (Å²) in [5, 5.41) is 8.64. The fourth-order valence-corrected chi connectivity index (χ4v) is 2.26. The molecule has 2 heteroatoms. The molecule has 0 fully saturated rings. The Morgan fingerprint density at radius 1 is 0.889 bits per heavy atom. The lowest BCUT2D eigenvalue weighted by Crippen LogP contribution is -2.25. The van der Waals surface area contributed by atoms with Gasteiger partial charge < -0.3 is 0 Å². The van der Waals surface area contributed by atoms with E-state index in [1.807, 2.05) is 6.20 Å². The molecule has 1 aromatic rings. The minimum Gasteiger partial charge on any atom is -0.159 e. The summed E-state index contributed by atoms with van der Waals surface area (Å²) in [5.41, 5.74) is 2.88. The van der Waals surface area contributed by atoms with Crippen molar-refractivity contribution in [2.45, 2.75) is 78.1 Å². The molecule has 0 aromatic carbocycles. The van der Waals surface area contributed by atoms with E-state index in [0.717, 1.165) is 31.4 Å². The molecule has 0 saturated carbocycles. The first-order chi connectivity index (χ1) is 8.45. The van der Waals surface area contributed by atoms with Gasteiger partial charge in [-0.05, 0) is 42.7 Å². The van der Waals surface area contributed by atoms with Gasteiger partial charge >= 0.3 is 0 Å². The Morgan fingerprint density at radius 2 is 1.39 bits per heavy atom. The monoisotopic (exact) mass is 248 g/mol. The highest BCUT2D eigenvalue weighted by Crippen LogP contribution is 2.34. The summed E-state index contributed by atoms with van der Waals surface area (Å²) in [6.07, 6.45) is 6.45. The summed E-state index contributed by atoms with van der Waals surface area (Å²) in [6, 6.07) is 2.28. The summed E-state index contributed by atoms with van der Waals surface area (Å²) in [5.74, 6) is 0. The molecule has 0 aliphatic carbocycles. The van der Waals surface area contributed by atoms with Crippen LogP contribution in [0.4, 0.5) is 0 Å². The van der Waals surface area contributed by atoms with Gasteiger partial charge in [0.1, 0.15) is 0 Å². The van der Waals surface area contributed by atoms with Gasteiger partial charge in [0.15, 0.2) is 0 Å². The molecule has 2 nitrogen and oxygen atoms in total. The van der Waals surface area contributed by atoms with E-state index in [9.17, 15) is 0 Å². The van der Waals surface area contributed by atoms with E-state index in [1.54, 1.807) is 0 Å². The number of rotatable bonds is 6. The highest BCUT2D eigenvalue weighted by atomic mass is 15.1. The lowest BCUT2D eigenvalue weighted by Gasteiger charge is -2.30.